The average molecular weight is 299 g/mol. The molecule has 0 aliphatic rings. The third-order valence-corrected chi connectivity index (χ3v) is 4.08. The third kappa shape index (κ3) is 2.23. The minimum absolute atomic E-state index is 0.662. The van der Waals surface area contributed by atoms with Gasteiger partial charge in [-0.3, -0.25) is 0 Å². The Bertz CT molecular complexity index is 970. The second kappa shape index (κ2) is 5.21. The maximum Gasteiger partial charge on any atom is 0.0545 e. The number of hydrogen-bond donors (Lipinski definition) is 3. The highest BCUT2D eigenvalue weighted by molar-refractivity contribution is 6.10. The van der Waals surface area contributed by atoms with Crippen LogP contribution < -0.4 is 11.5 Å². The number of hydrogen-bond acceptors (Lipinski definition) is 2. The molecule has 0 aliphatic heterocycles. The summed E-state index contributed by atoms with van der Waals surface area (Å²) >= 11 is 0. The van der Waals surface area contributed by atoms with E-state index in [1.54, 1.807) is 0 Å². The van der Waals surface area contributed by atoms with Crippen molar-refractivity contribution in [3.63, 3.8) is 0 Å². The molecule has 0 amide bonds. The highest BCUT2D eigenvalue weighted by Crippen LogP contribution is 2.41. The van der Waals surface area contributed by atoms with Gasteiger partial charge in [0.05, 0.1) is 11.2 Å². The van der Waals surface area contributed by atoms with Crippen LogP contribution >= 0.6 is 0 Å². The van der Waals surface area contributed by atoms with Crippen LogP contribution in [0.15, 0.2) is 72.8 Å². The number of nitrogen functional groups attached to an aromatic ring is 2. The van der Waals surface area contributed by atoms with E-state index in [0.29, 0.717) is 11.4 Å². The number of nitrogens with two attached hydrogens (primary N) is 2. The molecule has 0 aliphatic carbocycles. The Labute approximate surface area is 134 Å². The molecule has 0 spiro atoms. The van der Waals surface area contributed by atoms with E-state index in [0.717, 1.165) is 33.3 Å². The van der Waals surface area contributed by atoms with E-state index in [2.05, 4.69) is 29.2 Å². The van der Waals surface area contributed by atoms with Crippen molar-refractivity contribution in [2.45, 2.75) is 0 Å². The van der Waals surface area contributed by atoms with Crippen LogP contribution in [0, 0.1) is 0 Å². The summed E-state index contributed by atoms with van der Waals surface area (Å²) < 4.78 is 0. The summed E-state index contributed by atoms with van der Waals surface area (Å²) in [6.07, 6.45) is 0. The number of H-pyrrole nitrogens is 1. The van der Waals surface area contributed by atoms with Gasteiger partial charge in [-0.2, -0.15) is 0 Å². The zero-order chi connectivity index (χ0) is 15.8. The van der Waals surface area contributed by atoms with Crippen LogP contribution in [0.25, 0.3) is 33.3 Å². The van der Waals surface area contributed by atoms with Crippen LogP contribution in [0.1, 0.15) is 0 Å². The number of fused-ring (bicyclic) bond motifs is 1. The molecule has 0 fully saturated rings. The Kier molecular flexibility index (Phi) is 3.05. The van der Waals surface area contributed by atoms with E-state index in [1.165, 1.54) is 0 Å². The van der Waals surface area contributed by atoms with E-state index in [4.69, 9.17) is 11.5 Å². The van der Waals surface area contributed by atoms with Crippen LogP contribution in [0.3, 0.4) is 0 Å². The van der Waals surface area contributed by atoms with Gasteiger partial charge in [-0.1, -0.05) is 60.7 Å². The maximum atomic E-state index is 6.29. The molecule has 0 unspecified atom stereocenters. The molecule has 0 saturated heterocycles. The fourth-order valence-electron chi connectivity index (χ4n) is 3.10. The van der Waals surface area contributed by atoms with Crippen molar-refractivity contribution in [3.05, 3.63) is 72.8 Å². The largest absolute Gasteiger partial charge is 0.399 e. The fourth-order valence-corrected chi connectivity index (χ4v) is 3.10. The van der Waals surface area contributed by atoms with E-state index >= 15 is 0 Å². The molecule has 0 saturated carbocycles. The molecule has 4 rings (SSSR count). The first-order valence-electron chi connectivity index (χ1n) is 7.55. The number of aromatic amines is 1. The van der Waals surface area contributed by atoms with Crippen molar-refractivity contribution in [3.8, 4) is 22.4 Å². The first kappa shape index (κ1) is 13.5. The molecule has 3 heteroatoms. The molecule has 5 N–H and O–H groups in total. The van der Waals surface area contributed by atoms with Gasteiger partial charge in [0.25, 0.3) is 0 Å². The van der Waals surface area contributed by atoms with Crippen molar-refractivity contribution in [1.29, 1.82) is 0 Å². The summed E-state index contributed by atoms with van der Waals surface area (Å²) in [5, 5.41) is 1.02. The monoisotopic (exact) mass is 299 g/mol. The van der Waals surface area contributed by atoms with Crippen molar-refractivity contribution < 1.29 is 0 Å². The second-order valence-corrected chi connectivity index (χ2v) is 5.64. The predicted octanol–water partition coefficient (Wildman–Crippen LogP) is 4.67. The van der Waals surface area contributed by atoms with E-state index < -0.39 is 0 Å². The molecule has 23 heavy (non-hydrogen) atoms. The summed E-state index contributed by atoms with van der Waals surface area (Å²) in [7, 11) is 0. The van der Waals surface area contributed by atoms with Gasteiger partial charge in [0.2, 0.25) is 0 Å². The Balaban J connectivity index is 2.12. The highest BCUT2D eigenvalue weighted by atomic mass is 14.7. The van der Waals surface area contributed by atoms with Gasteiger partial charge in [0, 0.05) is 22.3 Å². The zero-order valence-electron chi connectivity index (χ0n) is 12.6. The Hall–Kier alpha value is -3.20. The topological polar surface area (TPSA) is 67.8 Å². The van der Waals surface area contributed by atoms with Crippen molar-refractivity contribution in [2.75, 3.05) is 11.5 Å². The molecule has 1 aromatic heterocycles. The predicted molar refractivity (Wildman–Crippen MR) is 98.0 cm³/mol. The summed E-state index contributed by atoms with van der Waals surface area (Å²) in [5.74, 6) is 0. The minimum Gasteiger partial charge on any atom is -0.399 e. The van der Waals surface area contributed by atoms with Gasteiger partial charge in [-0.25, -0.2) is 0 Å². The van der Waals surface area contributed by atoms with Crippen LogP contribution in [-0.2, 0) is 0 Å². The van der Waals surface area contributed by atoms with E-state index in [9.17, 15) is 0 Å². The first-order chi connectivity index (χ1) is 11.2. The average Bonchev–Trinajstić information content (AvgIpc) is 2.96. The van der Waals surface area contributed by atoms with Gasteiger partial charge in [-0.05, 0) is 23.3 Å². The highest BCUT2D eigenvalue weighted by Gasteiger charge is 2.17. The lowest BCUT2D eigenvalue weighted by Crippen LogP contribution is -1.91. The number of benzene rings is 3. The van der Waals surface area contributed by atoms with Gasteiger partial charge in [-0.15, -0.1) is 0 Å². The fraction of sp³-hybridized carbons (Fsp3) is 0. The summed E-state index contributed by atoms with van der Waals surface area (Å²) in [6.45, 7) is 0. The summed E-state index contributed by atoms with van der Waals surface area (Å²) in [5.41, 5.74) is 19.0. The molecule has 0 atom stereocenters. The standard InChI is InChI=1S/C20H17N3/c21-15-11-16(22)19-17(12-15)23-20(14-9-5-2-6-10-14)18(19)13-7-3-1-4-8-13/h1-12,23H,21-22H2. The zero-order valence-corrected chi connectivity index (χ0v) is 12.6. The normalized spacial score (nSPS) is 11.0. The molecule has 112 valence electrons. The van der Waals surface area contributed by atoms with E-state index in [-0.39, 0.29) is 0 Å². The van der Waals surface area contributed by atoms with Crippen LogP contribution in [-0.4, -0.2) is 4.98 Å². The van der Waals surface area contributed by atoms with Crippen molar-refractivity contribution >= 4 is 22.3 Å². The quantitative estimate of drug-likeness (QED) is 0.471. The van der Waals surface area contributed by atoms with Crippen LogP contribution in [0.5, 0.6) is 0 Å². The van der Waals surface area contributed by atoms with E-state index in [1.807, 2.05) is 48.5 Å². The van der Waals surface area contributed by atoms with Gasteiger partial charge < -0.3 is 16.5 Å². The molecule has 0 radical (unpaired) electrons. The van der Waals surface area contributed by atoms with Gasteiger partial charge >= 0.3 is 0 Å². The first-order valence-corrected chi connectivity index (χ1v) is 7.55. The third-order valence-electron chi connectivity index (χ3n) is 4.08. The number of nitrogens with one attached hydrogen (secondary N) is 1. The summed E-state index contributed by atoms with van der Waals surface area (Å²) in [4.78, 5) is 3.50. The molecule has 3 nitrogen and oxygen atoms in total. The SMILES string of the molecule is Nc1cc(N)c2c(-c3ccccc3)c(-c3ccccc3)[nH]c2c1. The maximum absolute atomic E-state index is 6.29. The van der Waals surface area contributed by atoms with Gasteiger partial charge in [0.15, 0.2) is 0 Å². The molecular weight excluding hydrogens is 282 g/mol. The Morgan fingerprint density at radius 2 is 1.30 bits per heavy atom. The van der Waals surface area contributed by atoms with Gasteiger partial charge in [0.1, 0.15) is 0 Å². The lowest BCUT2D eigenvalue weighted by atomic mass is 9.97. The number of anilines is 2. The lowest BCUT2D eigenvalue weighted by molar-refractivity contribution is 1.45. The Morgan fingerprint density at radius 3 is 1.96 bits per heavy atom. The molecule has 4 aromatic rings. The van der Waals surface area contributed by atoms with Crippen LogP contribution in [0.2, 0.25) is 0 Å². The van der Waals surface area contributed by atoms with Crippen molar-refractivity contribution in [1.82, 2.24) is 4.98 Å². The lowest BCUT2D eigenvalue weighted by Gasteiger charge is -2.07. The molecule has 1 heterocycles. The molecular formula is C20H17N3. The van der Waals surface area contributed by atoms with Crippen molar-refractivity contribution in [2.24, 2.45) is 0 Å². The van der Waals surface area contributed by atoms with Crippen LogP contribution in [0.4, 0.5) is 11.4 Å². The molecule has 3 aromatic carbocycles. The summed E-state index contributed by atoms with van der Waals surface area (Å²) in [6, 6.07) is 24.3. The minimum atomic E-state index is 0.662. The second-order valence-electron chi connectivity index (χ2n) is 5.64. The smallest absolute Gasteiger partial charge is 0.0545 e. The Morgan fingerprint density at radius 1 is 0.696 bits per heavy atom. The molecule has 0 bridgehead atoms. The number of rotatable bonds is 2. The number of aromatic nitrogens is 1.